The molecule has 0 spiro atoms. The number of nitrogens with zero attached hydrogens (tertiary/aromatic N) is 3. The fourth-order valence-corrected chi connectivity index (χ4v) is 3.85. The molecule has 2 heterocycles. The highest BCUT2D eigenvalue weighted by molar-refractivity contribution is 14.0. The molecule has 1 aromatic heterocycles. The highest BCUT2D eigenvalue weighted by atomic mass is 127. The second-order valence-corrected chi connectivity index (χ2v) is 8.22. The summed E-state index contributed by atoms with van der Waals surface area (Å²) in [6.45, 7) is 9.93. The third-order valence-corrected chi connectivity index (χ3v) is 5.71. The lowest BCUT2D eigenvalue weighted by Crippen LogP contribution is -2.46. The van der Waals surface area contributed by atoms with E-state index in [1.807, 2.05) is 19.2 Å². The predicted octanol–water partition coefficient (Wildman–Crippen LogP) is 3.57. The number of aliphatic imine (C=N–C) groups is 1. The Morgan fingerprint density at radius 3 is 2.36 bits per heavy atom. The Hall–Kier alpha value is -1.62. The van der Waals surface area contributed by atoms with Gasteiger partial charge < -0.3 is 24.7 Å². The van der Waals surface area contributed by atoms with E-state index in [9.17, 15) is 0 Å². The van der Waals surface area contributed by atoms with Crippen LogP contribution in [0.5, 0.6) is 0 Å². The van der Waals surface area contributed by atoms with E-state index < -0.39 is 0 Å². The van der Waals surface area contributed by atoms with Crippen molar-refractivity contribution in [2.45, 2.75) is 32.4 Å². The van der Waals surface area contributed by atoms with Crippen LogP contribution in [0.2, 0.25) is 0 Å². The number of rotatable bonds is 13. The second kappa shape index (κ2) is 16.9. The molecule has 2 N–H and O–H groups in total. The normalized spacial score (nSPS) is 15.2. The van der Waals surface area contributed by atoms with Crippen molar-refractivity contribution in [1.82, 2.24) is 20.4 Å². The summed E-state index contributed by atoms with van der Waals surface area (Å²) in [4.78, 5) is 9.45. The summed E-state index contributed by atoms with van der Waals surface area (Å²) in [6.07, 6.45) is 4.96. The first-order chi connectivity index (χ1) is 15.8. The van der Waals surface area contributed by atoms with Gasteiger partial charge in [-0.25, -0.2) is 0 Å². The number of ether oxygens (including phenoxy) is 1. The molecule has 8 heteroatoms. The number of unbranched alkanes of at least 4 members (excludes halogenated alkanes) is 1. The fourth-order valence-electron chi connectivity index (χ4n) is 3.85. The molecule has 0 amide bonds. The zero-order chi connectivity index (χ0) is 22.3. The molecular formula is C25H40IN5O2. The molecule has 1 fully saturated rings. The van der Waals surface area contributed by atoms with E-state index in [2.05, 4.69) is 55.8 Å². The van der Waals surface area contributed by atoms with Gasteiger partial charge in [0.1, 0.15) is 12.4 Å². The molecule has 0 saturated carbocycles. The van der Waals surface area contributed by atoms with Crippen molar-refractivity contribution >= 4 is 29.9 Å². The van der Waals surface area contributed by atoms with Gasteiger partial charge in [0, 0.05) is 59.5 Å². The van der Waals surface area contributed by atoms with Crippen LogP contribution < -0.4 is 10.6 Å². The lowest BCUT2D eigenvalue weighted by atomic mass is 10.2. The number of hydrogen-bond donors (Lipinski definition) is 2. The number of nitrogens with one attached hydrogen (secondary N) is 2. The van der Waals surface area contributed by atoms with Gasteiger partial charge in [0.25, 0.3) is 0 Å². The number of piperazine rings is 1. The van der Waals surface area contributed by atoms with E-state index in [0.29, 0.717) is 13.2 Å². The minimum absolute atomic E-state index is 0. The Balaban J connectivity index is 0.00000385. The third kappa shape index (κ3) is 11.4. The van der Waals surface area contributed by atoms with E-state index in [1.165, 1.54) is 31.6 Å². The molecule has 2 aromatic rings. The third-order valence-electron chi connectivity index (χ3n) is 5.71. The van der Waals surface area contributed by atoms with Crippen LogP contribution in [0.1, 0.15) is 30.6 Å². The van der Waals surface area contributed by atoms with Crippen LogP contribution in [0.15, 0.2) is 58.1 Å². The standard InChI is InChI=1S/C25H39N5O2.HI/c1-26-25(28-13-8-19-31-22-24-11-7-20-32-24)27-12-5-6-14-29-15-17-30(18-16-29)21-23-9-3-2-4-10-23;/h2-4,7,9-11,20H,5-6,8,12-19,21-22H2,1H3,(H2,26,27,28);1H. The molecule has 7 nitrogen and oxygen atoms in total. The molecule has 33 heavy (non-hydrogen) atoms. The molecule has 1 saturated heterocycles. The van der Waals surface area contributed by atoms with Crippen molar-refractivity contribution in [2.75, 3.05) is 59.5 Å². The maximum absolute atomic E-state index is 5.60. The molecule has 0 radical (unpaired) electrons. The highest BCUT2D eigenvalue weighted by Gasteiger charge is 2.16. The maximum atomic E-state index is 5.60. The van der Waals surface area contributed by atoms with Crippen LogP contribution in [0, 0.1) is 0 Å². The summed E-state index contributed by atoms with van der Waals surface area (Å²) < 4.78 is 10.8. The van der Waals surface area contributed by atoms with Crippen LogP contribution in [0.4, 0.5) is 0 Å². The van der Waals surface area contributed by atoms with E-state index in [-0.39, 0.29) is 24.0 Å². The molecule has 1 aliphatic heterocycles. The van der Waals surface area contributed by atoms with Crippen LogP contribution in [-0.2, 0) is 17.9 Å². The number of benzene rings is 1. The molecule has 0 unspecified atom stereocenters. The van der Waals surface area contributed by atoms with Crippen molar-refractivity contribution in [2.24, 2.45) is 4.99 Å². The predicted molar refractivity (Wildman–Crippen MR) is 145 cm³/mol. The first-order valence-electron chi connectivity index (χ1n) is 11.9. The van der Waals surface area contributed by atoms with Crippen LogP contribution in [0.3, 0.4) is 0 Å². The topological polar surface area (TPSA) is 65.3 Å². The van der Waals surface area contributed by atoms with E-state index >= 15 is 0 Å². The van der Waals surface area contributed by atoms with Crippen molar-refractivity contribution in [3.05, 3.63) is 60.1 Å². The average molecular weight is 570 g/mol. The largest absolute Gasteiger partial charge is 0.467 e. The molecule has 1 aliphatic rings. The second-order valence-electron chi connectivity index (χ2n) is 8.22. The monoisotopic (exact) mass is 569 g/mol. The van der Waals surface area contributed by atoms with Gasteiger partial charge in [0.05, 0.1) is 6.26 Å². The first-order valence-corrected chi connectivity index (χ1v) is 11.9. The quantitative estimate of drug-likeness (QED) is 0.167. The maximum Gasteiger partial charge on any atom is 0.190 e. The highest BCUT2D eigenvalue weighted by Crippen LogP contribution is 2.09. The lowest BCUT2D eigenvalue weighted by Gasteiger charge is -2.34. The Kier molecular flexibility index (Phi) is 14.2. The molecule has 0 bridgehead atoms. The minimum atomic E-state index is 0. The Bertz CT molecular complexity index is 749. The Morgan fingerprint density at radius 1 is 0.939 bits per heavy atom. The van der Waals surface area contributed by atoms with Gasteiger partial charge in [-0.1, -0.05) is 30.3 Å². The number of hydrogen-bond acceptors (Lipinski definition) is 5. The van der Waals surface area contributed by atoms with Gasteiger partial charge in [-0.2, -0.15) is 0 Å². The number of furan rings is 1. The van der Waals surface area contributed by atoms with Gasteiger partial charge in [-0.3, -0.25) is 9.89 Å². The summed E-state index contributed by atoms with van der Waals surface area (Å²) in [6, 6.07) is 14.6. The number of halogens is 1. The van der Waals surface area contributed by atoms with Crippen LogP contribution in [-0.4, -0.2) is 75.2 Å². The van der Waals surface area contributed by atoms with Crippen molar-refractivity contribution in [1.29, 1.82) is 0 Å². The van der Waals surface area contributed by atoms with Gasteiger partial charge in [-0.15, -0.1) is 24.0 Å². The SMILES string of the molecule is CN=C(NCCCCN1CCN(Cc2ccccc2)CC1)NCCCOCc1ccco1.I. The average Bonchev–Trinajstić information content (AvgIpc) is 3.35. The zero-order valence-corrected chi connectivity index (χ0v) is 22.2. The summed E-state index contributed by atoms with van der Waals surface area (Å²) in [7, 11) is 1.82. The van der Waals surface area contributed by atoms with Crippen molar-refractivity contribution in [3.8, 4) is 0 Å². The van der Waals surface area contributed by atoms with Gasteiger partial charge in [0.2, 0.25) is 0 Å². The zero-order valence-electron chi connectivity index (χ0n) is 19.9. The molecule has 0 aliphatic carbocycles. The van der Waals surface area contributed by atoms with E-state index in [4.69, 9.17) is 9.15 Å². The first kappa shape index (κ1) is 27.6. The summed E-state index contributed by atoms with van der Waals surface area (Å²) in [5.74, 6) is 1.73. The molecule has 0 atom stereocenters. The Labute approximate surface area is 216 Å². The summed E-state index contributed by atoms with van der Waals surface area (Å²) in [5.41, 5.74) is 1.41. The van der Waals surface area contributed by atoms with Gasteiger partial charge in [-0.05, 0) is 43.5 Å². The number of guanidine groups is 1. The Morgan fingerprint density at radius 2 is 1.67 bits per heavy atom. The molecule has 184 valence electrons. The van der Waals surface area contributed by atoms with Crippen LogP contribution in [0.25, 0.3) is 0 Å². The summed E-state index contributed by atoms with van der Waals surface area (Å²) >= 11 is 0. The molecular weight excluding hydrogens is 529 g/mol. The van der Waals surface area contributed by atoms with Crippen molar-refractivity contribution < 1.29 is 9.15 Å². The molecule has 3 rings (SSSR count). The smallest absolute Gasteiger partial charge is 0.190 e. The fraction of sp³-hybridized carbons (Fsp3) is 0.560. The van der Waals surface area contributed by atoms with E-state index in [1.54, 1.807) is 6.26 Å². The minimum Gasteiger partial charge on any atom is -0.467 e. The van der Waals surface area contributed by atoms with Gasteiger partial charge >= 0.3 is 0 Å². The van der Waals surface area contributed by atoms with Crippen molar-refractivity contribution in [3.63, 3.8) is 0 Å². The summed E-state index contributed by atoms with van der Waals surface area (Å²) in [5, 5.41) is 6.76. The molecule has 1 aromatic carbocycles. The van der Waals surface area contributed by atoms with Crippen LogP contribution >= 0.6 is 24.0 Å². The van der Waals surface area contributed by atoms with E-state index in [0.717, 1.165) is 57.3 Å². The lowest BCUT2D eigenvalue weighted by molar-refractivity contribution is 0.105. The van der Waals surface area contributed by atoms with Gasteiger partial charge in [0.15, 0.2) is 5.96 Å².